The zero-order chi connectivity index (χ0) is 30.9. The molecule has 0 radical (unpaired) electrons. The summed E-state index contributed by atoms with van der Waals surface area (Å²) in [4.78, 5) is 10.1. The Morgan fingerprint density at radius 3 is 1.90 bits per heavy atom. The highest BCUT2D eigenvalue weighted by Crippen LogP contribution is 2.25. The smallest absolute Gasteiger partial charge is 0.187 e. The van der Waals surface area contributed by atoms with Crippen molar-refractivity contribution in [2.45, 2.75) is 74.4 Å². The average Bonchev–Trinajstić information content (AvgIpc) is 2.94. The summed E-state index contributed by atoms with van der Waals surface area (Å²) in [5.41, 5.74) is 21.4. The van der Waals surface area contributed by atoms with Gasteiger partial charge in [0.25, 0.3) is 0 Å². The highest BCUT2D eigenvalue weighted by molar-refractivity contribution is 5.75. The fourth-order valence-corrected chi connectivity index (χ4v) is 4.20. The second-order valence-corrected chi connectivity index (χ2v) is 9.83. The number of aliphatic hydroxyl groups is 8. The first-order chi connectivity index (χ1) is 19.4. The van der Waals surface area contributed by atoms with E-state index in [-0.39, 0.29) is 18.5 Å². The Morgan fingerprint density at radius 2 is 1.39 bits per heavy atom. The molecule has 0 saturated carbocycles. The number of rotatable bonds is 21. The van der Waals surface area contributed by atoms with Crippen LogP contribution in [0.3, 0.4) is 0 Å². The Labute approximate surface area is 239 Å². The molecule has 1 saturated heterocycles. The van der Waals surface area contributed by atoms with E-state index in [1.54, 1.807) is 0 Å². The van der Waals surface area contributed by atoms with Gasteiger partial charge in [-0.3, -0.25) is 9.98 Å². The number of nitrogens with one attached hydrogen (secondary N) is 1. The number of ether oxygens (including phenoxy) is 2. The summed E-state index contributed by atoms with van der Waals surface area (Å²) in [6.07, 6.45) is -12.6. The number of aliphatic hydroxyl groups excluding tert-OH is 8. The second kappa shape index (κ2) is 20.1. The van der Waals surface area contributed by atoms with Crippen LogP contribution in [-0.4, -0.2) is 172 Å². The van der Waals surface area contributed by atoms with E-state index in [1.165, 1.54) is 0 Å². The number of hydrogen-bond acceptors (Lipinski definition) is 14. The predicted octanol–water partition coefficient (Wildman–Crippen LogP) is -7.14. The lowest BCUT2D eigenvalue weighted by molar-refractivity contribution is -0.327. The number of hydrogen-bond donors (Lipinski definition) is 13. The van der Waals surface area contributed by atoms with E-state index < -0.39 is 68.3 Å². The molecule has 0 aromatic carbocycles. The number of nitrogens with zero attached hydrogens (tertiary/aromatic N) is 3. The van der Waals surface area contributed by atoms with Crippen LogP contribution in [-0.2, 0) is 9.47 Å². The number of aliphatic imine (C=N–C) groups is 2. The Hall–Kier alpha value is -1.94. The summed E-state index contributed by atoms with van der Waals surface area (Å²) < 4.78 is 10.7. The maximum atomic E-state index is 10.7. The molecule has 1 aliphatic heterocycles. The summed E-state index contributed by atoms with van der Waals surface area (Å²) in [6, 6.07) is 0. The zero-order valence-electron chi connectivity index (χ0n) is 23.2. The molecule has 1 rings (SSSR count). The van der Waals surface area contributed by atoms with Crippen molar-refractivity contribution in [1.82, 2.24) is 10.2 Å². The molecule has 17 N–H and O–H groups in total. The van der Waals surface area contributed by atoms with Gasteiger partial charge in [0.2, 0.25) is 0 Å². The minimum Gasteiger partial charge on any atom is -0.394 e. The quantitative estimate of drug-likeness (QED) is 0.0331. The van der Waals surface area contributed by atoms with Crippen LogP contribution < -0.4 is 28.3 Å². The van der Waals surface area contributed by atoms with E-state index in [0.717, 1.165) is 25.9 Å². The van der Waals surface area contributed by atoms with Crippen molar-refractivity contribution in [2.24, 2.45) is 32.9 Å². The van der Waals surface area contributed by atoms with Gasteiger partial charge in [-0.2, -0.15) is 0 Å². The summed E-state index contributed by atoms with van der Waals surface area (Å²) in [7, 11) is 0. The molecule has 5 unspecified atom stereocenters. The normalized spacial score (nSPS) is 25.8. The predicted molar refractivity (Wildman–Crippen MR) is 148 cm³/mol. The van der Waals surface area contributed by atoms with Crippen molar-refractivity contribution in [2.75, 3.05) is 59.0 Å². The van der Waals surface area contributed by atoms with Crippen LogP contribution in [0.25, 0.3) is 0 Å². The zero-order valence-corrected chi connectivity index (χ0v) is 23.2. The monoisotopic (exact) mass is 598 g/mol. The van der Waals surface area contributed by atoms with Gasteiger partial charge in [-0.25, -0.2) is 0 Å². The molecular formula is C23H50N8O10. The van der Waals surface area contributed by atoms with Crippen LogP contribution in [0, 0.1) is 0 Å². The van der Waals surface area contributed by atoms with Gasteiger partial charge >= 0.3 is 0 Å². The van der Waals surface area contributed by atoms with Crippen LogP contribution in [0.5, 0.6) is 0 Å². The Kier molecular flexibility index (Phi) is 18.1. The van der Waals surface area contributed by atoms with E-state index in [1.807, 2.05) is 0 Å². The maximum absolute atomic E-state index is 10.7. The molecule has 0 aliphatic carbocycles. The largest absolute Gasteiger partial charge is 0.394 e. The lowest BCUT2D eigenvalue weighted by Gasteiger charge is -2.42. The van der Waals surface area contributed by atoms with E-state index >= 15 is 0 Å². The lowest BCUT2D eigenvalue weighted by atomic mass is 9.98. The highest BCUT2D eigenvalue weighted by atomic mass is 16.7. The molecule has 0 aromatic heterocycles. The molecule has 41 heavy (non-hydrogen) atoms. The molecule has 1 heterocycles. The summed E-state index contributed by atoms with van der Waals surface area (Å²) >= 11 is 0. The van der Waals surface area contributed by atoms with Crippen LogP contribution >= 0.6 is 0 Å². The molecule has 242 valence electrons. The molecule has 0 aromatic rings. The van der Waals surface area contributed by atoms with E-state index in [2.05, 4.69) is 20.2 Å². The minimum absolute atomic E-state index is 0.0292. The summed E-state index contributed by atoms with van der Waals surface area (Å²) in [6.45, 7) is 1.92. The Balaban J connectivity index is 2.60. The van der Waals surface area contributed by atoms with Gasteiger partial charge in [-0.15, -0.1) is 0 Å². The van der Waals surface area contributed by atoms with Crippen molar-refractivity contribution in [3.05, 3.63) is 0 Å². The maximum Gasteiger partial charge on any atom is 0.187 e. The standard InChI is InChI=1S/C23H50N8O10/c24-22(25)29-5-2-8-31(9-3-6-30-23(26)27)7-1-4-28-10-13(34)16(36)20(14(35)11-32)41-21-19(39)18(38)17(37)15(12-33)40-21/h13-21,28,32-39H,1-12H2,(H4,24,25,29)(H4,26,27,30)/t13?,14?,15-,16?,17+,18+,19-,20?,21?/m1/s1. The third-order valence-corrected chi connectivity index (χ3v) is 6.47. The van der Waals surface area contributed by atoms with Crippen LogP contribution in [0.4, 0.5) is 0 Å². The SMILES string of the molecule is NC(N)=NCCCN(CCCN=C(N)N)CCCNCC(O)C(O)C(OC1O[C@H](CO)[C@H](O)[C@H](O)[C@H]1O)C(O)CO. The fourth-order valence-electron chi connectivity index (χ4n) is 4.20. The van der Waals surface area contributed by atoms with Crippen molar-refractivity contribution in [1.29, 1.82) is 0 Å². The molecule has 9 atom stereocenters. The van der Waals surface area contributed by atoms with E-state index in [9.17, 15) is 40.9 Å². The third kappa shape index (κ3) is 13.7. The molecular weight excluding hydrogens is 548 g/mol. The van der Waals surface area contributed by atoms with Crippen LogP contribution in [0.1, 0.15) is 19.3 Å². The highest BCUT2D eigenvalue weighted by Gasteiger charge is 2.46. The first-order valence-electron chi connectivity index (χ1n) is 13.6. The van der Waals surface area contributed by atoms with Crippen molar-refractivity contribution >= 4 is 11.9 Å². The number of nitrogens with two attached hydrogens (primary N) is 4. The Bertz CT molecular complexity index is 736. The molecule has 1 aliphatic rings. The topological polar surface area (TPSA) is 324 Å². The lowest BCUT2D eigenvalue weighted by Crippen LogP contribution is -2.61. The molecule has 18 heteroatoms. The molecule has 0 bridgehead atoms. The van der Waals surface area contributed by atoms with Gasteiger partial charge in [0.1, 0.15) is 42.7 Å². The first-order valence-corrected chi connectivity index (χ1v) is 13.6. The second-order valence-electron chi connectivity index (χ2n) is 9.83. The van der Waals surface area contributed by atoms with Gasteiger partial charge in [0.05, 0.1) is 19.3 Å². The number of guanidine groups is 2. The van der Waals surface area contributed by atoms with Crippen LogP contribution in [0.15, 0.2) is 9.98 Å². The van der Waals surface area contributed by atoms with Gasteiger partial charge in [0.15, 0.2) is 18.2 Å². The molecule has 1 fully saturated rings. The van der Waals surface area contributed by atoms with Gasteiger partial charge in [-0.1, -0.05) is 0 Å². The fraction of sp³-hybridized carbons (Fsp3) is 0.913. The molecule has 18 nitrogen and oxygen atoms in total. The van der Waals surface area contributed by atoms with Crippen LogP contribution in [0.2, 0.25) is 0 Å². The van der Waals surface area contributed by atoms with E-state index in [4.69, 9.17) is 32.4 Å². The van der Waals surface area contributed by atoms with E-state index in [0.29, 0.717) is 32.6 Å². The summed E-state index contributed by atoms with van der Waals surface area (Å²) in [5.74, 6) is 0.0585. The van der Waals surface area contributed by atoms with Crippen molar-refractivity contribution in [3.8, 4) is 0 Å². The van der Waals surface area contributed by atoms with Gasteiger partial charge < -0.3 is 83.5 Å². The van der Waals surface area contributed by atoms with Crippen molar-refractivity contribution in [3.63, 3.8) is 0 Å². The molecule has 0 spiro atoms. The first kappa shape index (κ1) is 37.1. The molecule has 0 amide bonds. The van der Waals surface area contributed by atoms with Crippen molar-refractivity contribution < 1.29 is 50.3 Å². The average molecular weight is 599 g/mol. The third-order valence-electron chi connectivity index (χ3n) is 6.47. The van der Waals surface area contributed by atoms with Gasteiger partial charge in [-0.05, 0) is 45.4 Å². The summed E-state index contributed by atoms with van der Waals surface area (Å²) in [5, 5.41) is 83.2. The Morgan fingerprint density at radius 1 is 0.829 bits per heavy atom. The van der Waals surface area contributed by atoms with Gasteiger partial charge in [0, 0.05) is 19.6 Å². The minimum atomic E-state index is -1.80.